The van der Waals surface area contributed by atoms with E-state index < -0.39 is 24.1 Å². The van der Waals surface area contributed by atoms with Gasteiger partial charge in [-0.15, -0.1) is 0 Å². The Bertz CT molecular complexity index is 578. The van der Waals surface area contributed by atoms with E-state index in [4.69, 9.17) is 9.84 Å². The van der Waals surface area contributed by atoms with Crippen LogP contribution in [-0.4, -0.2) is 45.1 Å². The van der Waals surface area contributed by atoms with Crippen molar-refractivity contribution in [3.8, 4) is 0 Å². The second-order valence-corrected chi connectivity index (χ2v) is 7.02. The van der Waals surface area contributed by atoms with Crippen LogP contribution in [0.5, 0.6) is 0 Å². The van der Waals surface area contributed by atoms with Crippen LogP contribution in [0.2, 0.25) is 0 Å². The van der Waals surface area contributed by atoms with Crippen molar-refractivity contribution in [3.05, 3.63) is 22.7 Å². The van der Waals surface area contributed by atoms with Gasteiger partial charge in [0.2, 0.25) is 0 Å². The maximum atomic E-state index is 12.2. The molecule has 0 unspecified atom stereocenters. The molecule has 26 heavy (non-hydrogen) atoms. The molecule has 1 aliphatic heterocycles. The number of nitrogens with one attached hydrogen (secondary N) is 1. The fourth-order valence-electron chi connectivity index (χ4n) is 3.26. The van der Waals surface area contributed by atoms with Crippen LogP contribution in [0.1, 0.15) is 70.9 Å². The lowest BCUT2D eigenvalue weighted by atomic mass is 10.1. The Kier molecular flexibility index (Phi) is 9.08. The minimum atomic E-state index is -0.767. The molecule has 7 heteroatoms. The molecule has 0 amide bonds. The first kappa shape index (κ1) is 20.9. The van der Waals surface area contributed by atoms with Gasteiger partial charge in [-0.1, -0.05) is 51.9 Å². The standard InChI is InChI=1S/C19H33N3O4/c1-2-3-4-5-6-7-8-9-11-20-17-10-12-22(19(25)21-17)18-13-15(24)16(14-23)26-18/h10,12,15-16,18,23-24H,2-9,11,13-14H2,1H3,(H,20,21,25)/t15-,16+,18+/m0/s1. The van der Waals surface area contributed by atoms with E-state index in [1.54, 1.807) is 12.3 Å². The Morgan fingerprint density at radius 1 is 1.23 bits per heavy atom. The number of aliphatic hydroxyl groups excluding tert-OH is 2. The highest BCUT2D eigenvalue weighted by molar-refractivity contribution is 5.31. The number of aromatic nitrogens is 2. The number of unbranched alkanes of at least 4 members (excludes halogenated alkanes) is 7. The average Bonchev–Trinajstić information content (AvgIpc) is 3.01. The Balaban J connectivity index is 1.69. The Morgan fingerprint density at radius 3 is 2.54 bits per heavy atom. The van der Waals surface area contributed by atoms with Crippen LogP contribution < -0.4 is 11.0 Å². The number of hydrogen-bond donors (Lipinski definition) is 3. The van der Waals surface area contributed by atoms with Crippen molar-refractivity contribution < 1.29 is 14.9 Å². The van der Waals surface area contributed by atoms with Crippen molar-refractivity contribution in [2.75, 3.05) is 18.5 Å². The largest absolute Gasteiger partial charge is 0.394 e. The summed E-state index contributed by atoms with van der Waals surface area (Å²) < 4.78 is 6.85. The monoisotopic (exact) mass is 367 g/mol. The van der Waals surface area contributed by atoms with Gasteiger partial charge < -0.3 is 20.3 Å². The van der Waals surface area contributed by atoms with Crippen LogP contribution in [0.4, 0.5) is 5.82 Å². The summed E-state index contributed by atoms with van der Waals surface area (Å²) in [5.74, 6) is 0.562. The first-order valence-electron chi connectivity index (χ1n) is 9.93. The zero-order valence-corrected chi connectivity index (χ0v) is 15.8. The Morgan fingerprint density at radius 2 is 1.92 bits per heavy atom. The molecule has 3 N–H and O–H groups in total. The molecule has 148 valence electrons. The van der Waals surface area contributed by atoms with E-state index in [9.17, 15) is 9.90 Å². The highest BCUT2D eigenvalue weighted by atomic mass is 16.5. The third-order valence-corrected chi connectivity index (χ3v) is 4.86. The zero-order valence-electron chi connectivity index (χ0n) is 15.8. The summed E-state index contributed by atoms with van der Waals surface area (Å²) in [4.78, 5) is 16.2. The third kappa shape index (κ3) is 6.37. The maximum Gasteiger partial charge on any atom is 0.351 e. The molecule has 2 rings (SSSR count). The molecule has 0 radical (unpaired) electrons. The molecular formula is C19H33N3O4. The van der Waals surface area contributed by atoms with Gasteiger partial charge in [-0.25, -0.2) is 4.79 Å². The van der Waals surface area contributed by atoms with Crippen molar-refractivity contribution in [3.63, 3.8) is 0 Å². The second kappa shape index (κ2) is 11.3. The Hall–Kier alpha value is -1.44. The van der Waals surface area contributed by atoms with Crippen LogP contribution >= 0.6 is 0 Å². The molecule has 0 aromatic carbocycles. The first-order valence-corrected chi connectivity index (χ1v) is 9.93. The lowest BCUT2D eigenvalue weighted by Crippen LogP contribution is -2.28. The first-order chi connectivity index (χ1) is 12.7. The molecule has 0 spiro atoms. The van der Waals surface area contributed by atoms with Crippen molar-refractivity contribution in [2.45, 2.75) is 83.1 Å². The van der Waals surface area contributed by atoms with Gasteiger partial charge in [-0.05, 0) is 12.5 Å². The van der Waals surface area contributed by atoms with Crippen LogP contribution in [0.15, 0.2) is 17.1 Å². The van der Waals surface area contributed by atoms with Crippen molar-refractivity contribution in [1.29, 1.82) is 0 Å². The molecule has 7 nitrogen and oxygen atoms in total. The molecule has 1 aliphatic rings. The van der Waals surface area contributed by atoms with E-state index in [-0.39, 0.29) is 13.0 Å². The van der Waals surface area contributed by atoms with Gasteiger partial charge in [0.25, 0.3) is 0 Å². The van der Waals surface area contributed by atoms with E-state index >= 15 is 0 Å². The fraction of sp³-hybridized carbons (Fsp3) is 0.789. The topological polar surface area (TPSA) is 96.6 Å². The number of ether oxygens (including phenoxy) is 1. The molecule has 1 aromatic rings. The number of nitrogens with zero attached hydrogens (tertiary/aromatic N) is 2. The quantitative estimate of drug-likeness (QED) is 0.491. The van der Waals surface area contributed by atoms with E-state index in [1.165, 1.54) is 49.5 Å². The van der Waals surface area contributed by atoms with Crippen LogP contribution in [-0.2, 0) is 4.74 Å². The fourth-order valence-corrected chi connectivity index (χ4v) is 3.26. The lowest BCUT2D eigenvalue weighted by Gasteiger charge is -2.14. The SMILES string of the molecule is CCCCCCCCCCNc1ccn([C@H]2C[C@H](O)[C@@H](CO)O2)c(=O)n1. The molecule has 2 heterocycles. The predicted molar refractivity (Wildman–Crippen MR) is 101 cm³/mol. The van der Waals surface area contributed by atoms with Crippen LogP contribution in [0.25, 0.3) is 0 Å². The van der Waals surface area contributed by atoms with E-state index in [0.29, 0.717) is 5.82 Å². The molecule has 1 fully saturated rings. The normalized spacial score (nSPS) is 22.7. The molecular weight excluding hydrogens is 334 g/mol. The molecule has 3 atom stereocenters. The Labute approximate surface area is 155 Å². The molecule has 0 saturated carbocycles. The van der Waals surface area contributed by atoms with Gasteiger partial charge >= 0.3 is 5.69 Å². The number of hydrogen-bond acceptors (Lipinski definition) is 6. The average molecular weight is 367 g/mol. The number of aliphatic hydroxyl groups is 2. The van der Waals surface area contributed by atoms with Crippen LogP contribution in [0.3, 0.4) is 0 Å². The summed E-state index contributed by atoms with van der Waals surface area (Å²) in [6.45, 7) is 2.77. The predicted octanol–water partition coefficient (Wildman–Crippen LogP) is 2.44. The van der Waals surface area contributed by atoms with Crippen molar-refractivity contribution >= 4 is 5.82 Å². The number of anilines is 1. The second-order valence-electron chi connectivity index (χ2n) is 7.02. The highest BCUT2D eigenvalue weighted by Crippen LogP contribution is 2.27. The highest BCUT2D eigenvalue weighted by Gasteiger charge is 2.34. The van der Waals surface area contributed by atoms with Gasteiger partial charge in [0.05, 0.1) is 12.7 Å². The molecule has 0 bridgehead atoms. The summed E-state index contributed by atoms with van der Waals surface area (Å²) in [5.41, 5.74) is -0.415. The summed E-state index contributed by atoms with van der Waals surface area (Å²) >= 11 is 0. The third-order valence-electron chi connectivity index (χ3n) is 4.86. The van der Waals surface area contributed by atoms with E-state index in [1.807, 2.05) is 0 Å². The van der Waals surface area contributed by atoms with Gasteiger partial charge in [-0.3, -0.25) is 4.57 Å². The molecule has 0 aliphatic carbocycles. The summed E-state index contributed by atoms with van der Waals surface area (Å²) in [5, 5.41) is 22.1. The van der Waals surface area contributed by atoms with Gasteiger partial charge in [0, 0.05) is 19.2 Å². The zero-order chi connectivity index (χ0) is 18.8. The summed E-state index contributed by atoms with van der Waals surface area (Å²) in [6.07, 6.45) is 10.0. The minimum absolute atomic E-state index is 0.266. The summed E-state index contributed by atoms with van der Waals surface area (Å²) in [7, 11) is 0. The van der Waals surface area contributed by atoms with Gasteiger partial charge in [0.1, 0.15) is 18.1 Å². The van der Waals surface area contributed by atoms with Crippen molar-refractivity contribution in [1.82, 2.24) is 9.55 Å². The minimum Gasteiger partial charge on any atom is -0.394 e. The maximum absolute atomic E-state index is 12.2. The van der Waals surface area contributed by atoms with E-state index in [0.717, 1.165) is 13.0 Å². The summed E-state index contributed by atoms with van der Waals surface area (Å²) in [6, 6.07) is 1.74. The van der Waals surface area contributed by atoms with Gasteiger partial charge in [-0.2, -0.15) is 4.98 Å². The molecule has 1 saturated heterocycles. The van der Waals surface area contributed by atoms with Gasteiger partial charge in [0.15, 0.2) is 0 Å². The molecule has 1 aromatic heterocycles. The lowest BCUT2D eigenvalue weighted by molar-refractivity contribution is -0.0458. The van der Waals surface area contributed by atoms with Crippen molar-refractivity contribution in [2.24, 2.45) is 0 Å². The van der Waals surface area contributed by atoms with Crippen LogP contribution in [0, 0.1) is 0 Å². The number of rotatable bonds is 12. The van der Waals surface area contributed by atoms with E-state index in [2.05, 4.69) is 17.2 Å². The smallest absolute Gasteiger partial charge is 0.351 e.